The average molecular weight is 395 g/mol. The van der Waals surface area contributed by atoms with Crippen LogP contribution < -0.4 is 10.1 Å². The smallest absolute Gasteiger partial charge is 0.406 e. The average Bonchev–Trinajstić information content (AvgIpc) is 3.09. The molecule has 0 bridgehead atoms. The molecule has 0 aliphatic rings. The van der Waals surface area contributed by atoms with Crippen LogP contribution in [0.5, 0.6) is 5.75 Å². The van der Waals surface area contributed by atoms with Crippen LogP contribution in [0, 0.1) is 0 Å². The highest BCUT2D eigenvalue weighted by atomic mass is 19.4. The van der Waals surface area contributed by atoms with Crippen molar-refractivity contribution in [2.75, 3.05) is 0 Å². The van der Waals surface area contributed by atoms with Gasteiger partial charge in [-0.3, -0.25) is 4.79 Å². The number of alkyl halides is 3. The van der Waals surface area contributed by atoms with Crippen LogP contribution in [0.15, 0.2) is 49.1 Å². The van der Waals surface area contributed by atoms with E-state index in [9.17, 15) is 23.1 Å². The van der Waals surface area contributed by atoms with Crippen LogP contribution in [0.1, 0.15) is 15.4 Å². The van der Waals surface area contributed by atoms with Crippen molar-refractivity contribution in [1.82, 2.24) is 20.1 Å². The number of pyridine rings is 1. The van der Waals surface area contributed by atoms with Crippen LogP contribution in [0.3, 0.4) is 0 Å². The molecule has 1 amide bonds. The molecule has 0 saturated heterocycles. The first-order valence-electron chi connectivity index (χ1n) is 9.35. The fourth-order valence-corrected chi connectivity index (χ4v) is 2.62. The minimum atomic E-state index is -4.83. The highest BCUT2D eigenvalue weighted by molar-refractivity contribution is 5.88. The van der Waals surface area contributed by atoms with Gasteiger partial charge in [-0.1, -0.05) is 6.53 Å². The van der Waals surface area contributed by atoms with Gasteiger partial charge in [-0.2, -0.15) is 5.10 Å². The number of aliphatic hydroxyl groups excluding tert-OH is 1. The largest absolute Gasteiger partial charge is 0.573 e. The van der Waals surface area contributed by atoms with E-state index in [1.807, 2.05) is 0 Å². The fourth-order valence-electron chi connectivity index (χ4n) is 2.62. The Morgan fingerprint density at radius 1 is 1.39 bits per heavy atom. The third-order valence-electron chi connectivity index (χ3n) is 3.74. The van der Waals surface area contributed by atoms with Gasteiger partial charge in [0, 0.05) is 11.6 Å². The van der Waals surface area contributed by atoms with Crippen LogP contribution in [-0.4, -0.2) is 32.1 Å². The van der Waals surface area contributed by atoms with Crippen molar-refractivity contribution in [1.29, 1.82) is 0 Å². The molecule has 0 fully saturated rings. The number of nitrogens with zero attached hydrogens (tertiary/aromatic N) is 3. The zero-order valence-electron chi connectivity index (χ0n) is 17.1. The van der Waals surface area contributed by atoms with Gasteiger partial charge in [0.2, 0.25) is 5.91 Å². The summed E-state index contributed by atoms with van der Waals surface area (Å²) < 4.78 is 63.7. The lowest BCUT2D eigenvalue weighted by Gasteiger charge is -2.09. The third kappa shape index (κ3) is 4.12. The molecule has 146 valence electrons. The quantitative estimate of drug-likeness (QED) is 0.627. The summed E-state index contributed by atoms with van der Waals surface area (Å²) in [5, 5.41) is 16.8. The van der Waals surface area contributed by atoms with Gasteiger partial charge in [-0.05, 0) is 41.9 Å². The minimum Gasteiger partial charge on any atom is -0.406 e. The van der Waals surface area contributed by atoms with E-state index in [4.69, 9.17) is 4.11 Å². The third-order valence-corrected chi connectivity index (χ3v) is 3.74. The van der Waals surface area contributed by atoms with E-state index in [-0.39, 0.29) is 24.5 Å². The summed E-state index contributed by atoms with van der Waals surface area (Å²) in [7, 11) is 0. The number of fused-ring (bicyclic) bond motifs is 1. The molecular formula is C18H15F3N4O3. The number of aromatic nitrogens is 3. The summed E-state index contributed by atoms with van der Waals surface area (Å²) in [4.78, 5) is 16.1. The predicted octanol–water partition coefficient (Wildman–Crippen LogP) is 2.61. The van der Waals surface area contributed by atoms with Crippen molar-refractivity contribution >= 4 is 16.9 Å². The van der Waals surface area contributed by atoms with E-state index in [0.717, 1.165) is 12.1 Å². The summed E-state index contributed by atoms with van der Waals surface area (Å²) in [6.07, 6.45) is -3.40. The normalized spacial score (nSPS) is 12.8. The highest BCUT2D eigenvalue weighted by Gasteiger charge is 2.31. The lowest BCUT2D eigenvalue weighted by Crippen LogP contribution is -2.20. The summed E-state index contributed by atoms with van der Waals surface area (Å²) in [5.74, 6) is -1.37. The van der Waals surface area contributed by atoms with Crippen molar-refractivity contribution in [3.05, 3.63) is 60.4 Å². The standard InChI is InChI=1S/C18H15F3N4O3/c1-2-15(27)23-9-14-16-11(10-26)7-8-22-17(16)25(24-14)12-3-5-13(6-4-12)28-18(19,20)21/h2-8,26H,1,9-10H2,(H,23,27)/i1D2,2D. The van der Waals surface area contributed by atoms with E-state index in [2.05, 4.69) is 20.1 Å². The minimum absolute atomic E-state index is 0.202. The molecule has 3 rings (SSSR count). The molecule has 2 aromatic heterocycles. The van der Waals surface area contributed by atoms with E-state index in [1.54, 1.807) is 6.07 Å². The Labute approximate surface area is 161 Å². The van der Waals surface area contributed by atoms with Crippen LogP contribution >= 0.6 is 0 Å². The van der Waals surface area contributed by atoms with Gasteiger partial charge in [-0.15, -0.1) is 13.2 Å². The Morgan fingerprint density at radius 2 is 2.14 bits per heavy atom. The lowest BCUT2D eigenvalue weighted by atomic mass is 10.1. The molecule has 0 aliphatic carbocycles. The number of rotatable bonds is 6. The van der Waals surface area contributed by atoms with Crippen molar-refractivity contribution in [2.45, 2.75) is 19.5 Å². The first kappa shape index (κ1) is 15.6. The van der Waals surface area contributed by atoms with Gasteiger partial charge in [0.15, 0.2) is 5.65 Å². The first-order valence-corrected chi connectivity index (χ1v) is 7.85. The van der Waals surface area contributed by atoms with Crippen LogP contribution in [-0.2, 0) is 17.9 Å². The summed E-state index contributed by atoms with van der Waals surface area (Å²) in [6.45, 7) is -1.52. The molecule has 7 nitrogen and oxygen atoms in total. The number of benzene rings is 1. The Balaban J connectivity index is 2.00. The lowest BCUT2D eigenvalue weighted by molar-refractivity contribution is -0.274. The monoisotopic (exact) mass is 395 g/mol. The molecule has 0 radical (unpaired) electrons. The second-order valence-corrected chi connectivity index (χ2v) is 5.53. The number of halogens is 3. The number of carbonyl (C=O) groups is 1. The molecule has 10 heteroatoms. The Morgan fingerprint density at radius 3 is 2.79 bits per heavy atom. The van der Waals surface area contributed by atoms with Crippen molar-refractivity contribution in [2.24, 2.45) is 0 Å². The molecule has 2 heterocycles. The number of nitrogens with one attached hydrogen (secondary N) is 1. The molecule has 3 aromatic rings. The molecular weight excluding hydrogens is 377 g/mol. The molecule has 0 saturated carbocycles. The van der Waals surface area contributed by atoms with Gasteiger partial charge in [0.25, 0.3) is 0 Å². The van der Waals surface area contributed by atoms with Gasteiger partial charge >= 0.3 is 6.36 Å². The van der Waals surface area contributed by atoms with Gasteiger partial charge < -0.3 is 15.2 Å². The number of carbonyl (C=O) groups excluding carboxylic acids is 1. The molecule has 0 spiro atoms. The Hall–Kier alpha value is -3.40. The van der Waals surface area contributed by atoms with Crippen LogP contribution in [0.25, 0.3) is 16.7 Å². The molecule has 28 heavy (non-hydrogen) atoms. The fraction of sp³-hybridized carbons (Fsp3) is 0.167. The van der Waals surface area contributed by atoms with Crippen LogP contribution in [0.4, 0.5) is 13.2 Å². The summed E-state index contributed by atoms with van der Waals surface area (Å²) >= 11 is 0. The predicted molar refractivity (Wildman–Crippen MR) is 93.5 cm³/mol. The maximum Gasteiger partial charge on any atom is 0.573 e. The Bertz CT molecular complexity index is 1140. The maximum absolute atomic E-state index is 12.4. The van der Waals surface area contributed by atoms with Crippen molar-refractivity contribution < 1.29 is 31.9 Å². The highest BCUT2D eigenvalue weighted by Crippen LogP contribution is 2.27. The van der Waals surface area contributed by atoms with Crippen LogP contribution in [0.2, 0.25) is 0 Å². The SMILES string of the molecule is [2H]C([2H])=C([2H])C(=O)NCc1nn(-c2ccc(OC(F)(F)F)cc2)c2nccc(CO)c12. The number of hydrogen-bond acceptors (Lipinski definition) is 5. The first-order chi connectivity index (χ1) is 14.6. The van der Waals surface area contributed by atoms with E-state index >= 15 is 0 Å². The Kier molecular flexibility index (Phi) is 4.29. The topological polar surface area (TPSA) is 89.3 Å². The second-order valence-electron chi connectivity index (χ2n) is 5.53. The molecule has 0 aliphatic heterocycles. The van der Waals surface area contributed by atoms with E-state index in [1.165, 1.54) is 23.0 Å². The number of ether oxygens (including phenoxy) is 1. The molecule has 0 unspecified atom stereocenters. The molecule has 1 aromatic carbocycles. The number of amides is 1. The van der Waals surface area contributed by atoms with E-state index < -0.39 is 30.6 Å². The zero-order chi connectivity index (χ0) is 22.8. The van der Waals surface area contributed by atoms with Gasteiger partial charge in [-0.25, -0.2) is 9.67 Å². The summed E-state index contributed by atoms with van der Waals surface area (Å²) in [5.41, 5.74) is 1.34. The van der Waals surface area contributed by atoms with Crippen molar-refractivity contribution in [3.8, 4) is 11.4 Å². The second kappa shape index (κ2) is 7.69. The summed E-state index contributed by atoms with van der Waals surface area (Å²) in [6, 6.07) is 5.59. The van der Waals surface area contributed by atoms with Crippen molar-refractivity contribution in [3.63, 3.8) is 0 Å². The molecule has 0 atom stereocenters. The molecule has 2 N–H and O–H groups in total. The van der Waals surface area contributed by atoms with E-state index in [0.29, 0.717) is 16.6 Å². The zero-order valence-corrected chi connectivity index (χ0v) is 14.1. The number of aliphatic hydroxyl groups is 1. The van der Waals surface area contributed by atoms with Gasteiger partial charge in [0.1, 0.15) is 5.75 Å². The maximum atomic E-state index is 12.4. The number of hydrogen-bond donors (Lipinski definition) is 2. The van der Waals surface area contributed by atoms with Gasteiger partial charge in [0.05, 0.1) is 28.6 Å².